The van der Waals surface area contributed by atoms with Crippen molar-refractivity contribution in [2.45, 2.75) is 78.6 Å². The van der Waals surface area contributed by atoms with Crippen molar-refractivity contribution in [2.75, 3.05) is 20.2 Å². The van der Waals surface area contributed by atoms with Crippen LogP contribution < -0.4 is 10.6 Å². The number of hydrogen-bond acceptors (Lipinski definition) is 7. The van der Waals surface area contributed by atoms with E-state index in [-0.39, 0.29) is 47.6 Å². The molecule has 0 spiro atoms. The smallest absolute Gasteiger partial charge is 0.407 e. The number of H-pyrrole nitrogens is 2. The zero-order valence-electron chi connectivity index (χ0n) is 35.0. The fourth-order valence-corrected chi connectivity index (χ4v) is 8.84. The lowest BCUT2D eigenvalue weighted by Crippen LogP contribution is -2.51. The Kier molecular flexibility index (Phi) is 12.2. The Balaban J connectivity index is 1.06. The summed E-state index contributed by atoms with van der Waals surface area (Å²) in [5, 5.41) is 16.9. The number of carbonyl (C=O) groups is 4. The highest BCUT2D eigenvalue weighted by Gasteiger charge is 2.42. The number of amides is 4. The Labute approximate surface area is 354 Å². The number of carbonyl (C=O) groups excluding carboxylic acids is 3. The van der Waals surface area contributed by atoms with E-state index in [1.165, 1.54) is 7.11 Å². The molecule has 5 aromatic rings. The predicted molar refractivity (Wildman–Crippen MR) is 230 cm³/mol. The van der Waals surface area contributed by atoms with Gasteiger partial charge in [-0.1, -0.05) is 102 Å². The highest BCUT2D eigenvalue weighted by Crippen LogP contribution is 2.39. The van der Waals surface area contributed by atoms with Crippen LogP contribution in [0.3, 0.4) is 0 Å². The number of nitrogens with zero attached hydrogens (tertiary/aromatic N) is 4. The van der Waals surface area contributed by atoms with E-state index in [1.54, 1.807) is 9.80 Å². The van der Waals surface area contributed by atoms with Crippen molar-refractivity contribution < 1.29 is 29.0 Å². The number of ether oxygens (including phenoxy) is 1. The Morgan fingerprint density at radius 1 is 0.750 bits per heavy atom. The van der Waals surface area contributed by atoms with E-state index in [2.05, 4.69) is 76.9 Å². The third kappa shape index (κ3) is 8.70. The molecule has 2 aromatic heterocycles. The van der Waals surface area contributed by atoms with Crippen molar-refractivity contribution in [3.8, 4) is 33.6 Å². The second-order valence-electron chi connectivity index (χ2n) is 17.0. The molecular formula is C45H53ClN8O6. The number of aromatic amines is 2. The molecule has 6 atom stereocenters. The van der Waals surface area contributed by atoms with Crippen LogP contribution in [-0.2, 0) is 14.3 Å². The van der Waals surface area contributed by atoms with Gasteiger partial charge in [0, 0.05) is 30.4 Å². The number of imidazole rings is 2. The van der Waals surface area contributed by atoms with Gasteiger partial charge in [-0.05, 0) is 70.5 Å². The maximum atomic E-state index is 13.8. The van der Waals surface area contributed by atoms with Crippen molar-refractivity contribution in [1.82, 2.24) is 40.4 Å². The molecular weight excluding hydrogens is 784 g/mol. The summed E-state index contributed by atoms with van der Waals surface area (Å²) >= 11 is 6.77. The maximum Gasteiger partial charge on any atom is 0.407 e. The lowest BCUT2D eigenvalue weighted by Gasteiger charge is -2.30. The fourth-order valence-electron chi connectivity index (χ4n) is 8.59. The standard InChI is InChI=1S/C45H53ClN8O6/c1-23(2)36(50-44(57)58)42(55)53-21-25(5)16-34(53)40-47-20-33(48-40)28-10-8-27(9-11-28)29-12-13-31-19-32(15-14-30(31)18-29)38-39(46)52-41(49-38)35-17-26(6)22-54(35)43(56)37(24(3)4)51-45(59)60-7/h8-15,18-20,23-26,34-37,50H,16-17,21-22H2,1-7H3,(H,47,48)(H,49,52)(H,51,59)(H,57,58)/t25-,26-,34-,35-,36?,37?/m0/s1. The molecule has 0 aliphatic carbocycles. The van der Waals surface area contributed by atoms with Crippen LogP contribution in [0.15, 0.2) is 66.9 Å². The molecule has 2 aliphatic rings. The average molecular weight is 837 g/mol. The first-order valence-electron chi connectivity index (χ1n) is 20.5. The van der Waals surface area contributed by atoms with Crippen molar-refractivity contribution in [3.05, 3.63) is 83.7 Å². The molecule has 60 heavy (non-hydrogen) atoms. The third-order valence-electron chi connectivity index (χ3n) is 11.7. The summed E-state index contributed by atoms with van der Waals surface area (Å²) in [6.07, 6.45) is 1.42. The van der Waals surface area contributed by atoms with Crippen molar-refractivity contribution in [2.24, 2.45) is 23.7 Å². The second kappa shape index (κ2) is 17.4. The first-order valence-corrected chi connectivity index (χ1v) is 20.9. The second-order valence-corrected chi connectivity index (χ2v) is 17.4. The highest BCUT2D eigenvalue weighted by molar-refractivity contribution is 6.32. The quantitative estimate of drug-likeness (QED) is 0.0878. The summed E-state index contributed by atoms with van der Waals surface area (Å²) in [6, 6.07) is 18.5. The van der Waals surface area contributed by atoms with Crippen LogP contribution in [0.5, 0.6) is 0 Å². The van der Waals surface area contributed by atoms with Crippen molar-refractivity contribution in [1.29, 1.82) is 0 Å². The number of benzene rings is 3. The zero-order chi connectivity index (χ0) is 43.0. The summed E-state index contributed by atoms with van der Waals surface area (Å²) < 4.78 is 4.78. The number of halogens is 1. The summed E-state index contributed by atoms with van der Waals surface area (Å²) in [6.45, 7) is 12.7. The van der Waals surface area contributed by atoms with Gasteiger partial charge >= 0.3 is 12.2 Å². The summed E-state index contributed by atoms with van der Waals surface area (Å²) in [4.78, 5) is 70.7. The van der Waals surface area contributed by atoms with Gasteiger partial charge in [0.1, 0.15) is 23.7 Å². The topological polar surface area (TPSA) is 186 Å². The minimum absolute atomic E-state index is 0.146. The van der Waals surface area contributed by atoms with Gasteiger partial charge < -0.3 is 40.2 Å². The van der Waals surface area contributed by atoms with Crippen LogP contribution in [0, 0.1) is 23.7 Å². The summed E-state index contributed by atoms with van der Waals surface area (Å²) in [7, 11) is 1.28. The number of alkyl carbamates (subject to hydrolysis) is 1. The van der Waals surface area contributed by atoms with Gasteiger partial charge in [0.15, 0.2) is 5.15 Å². The number of methoxy groups -OCH3 is 1. The predicted octanol–water partition coefficient (Wildman–Crippen LogP) is 8.43. The molecule has 0 saturated carbocycles. The van der Waals surface area contributed by atoms with Gasteiger partial charge in [-0.15, -0.1) is 0 Å². The Morgan fingerprint density at radius 2 is 1.27 bits per heavy atom. The van der Waals surface area contributed by atoms with Gasteiger partial charge in [0.05, 0.1) is 30.6 Å². The number of aromatic nitrogens is 4. The summed E-state index contributed by atoms with van der Waals surface area (Å²) in [5.74, 6) is 0.989. The van der Waals surface area contributed by atoms with Crippen LogP contribution in [-0.4, -0.2) is 91.1 Å². The molecule has 4 amide bonds. The van der Waals surface area contributed by atoms with Crippen LogP contribution in [0.25, 0.3) is 44.4 Å². The molecule has 7 rings (SSSR count). The van der Waals surface area contributed by atoms with Crippen LogP contribution in [0.1, 0.15) is 78.1 Å². The van der Waals surface area contributed by atoms with Crippen LogP contribution in [0.4, 0.5) is 9.59 Å². The van der Waals surface area contributed by atoms with E-state index < -0.39 is 24.3 Å². The highest BCUT2D eigenvalue weighted by atomic mass is 35.5. The van der Waals surface area contributed by atoms with Crippen molar-refractivity contribution >= 4 is 46.4 Å². The minimum atomic E-state index is -1.22. The first kappa shape index (κ1) is 42.2. The average Bonchev–Trinajstić information content (AvgIpc) is 4.04. The Bertz CT molecular complexity index is 2390. The van der Waals surface area contributed by atoms with Gasteiger partial charge in [0.2, 0.25) is 11.8 Å². The number of fused-ring (bicyclic) bond motifs is 1. The number of rotatable bonds is 11. The first-order chi connectivity index (χ1) is 28.6. The largest absolute Gasteiger partial charge is 0.465 e. The molecule has 2 saturated heterocycles. The molecule has 15 heteroatoms. The van der Waals surface area contributed by atoms with E-state index in [0.29, 0.717) is 42.0 Å². The molecule has 0 bridgehead atoms. The van der Waals surface area contributed by atoms with E-state index in [4.69, 9.17) is 26.3 Å². The van der Waals surface area contributed by atoms with Gasteiger partial charge in [-0.3, -0.25) is 9.59 Å². The van der Waals surface area contributed by atoms with Gasteiger partial charge in [-0.25, -0.2) is 19.6 Å². The Morgan fingerprint density at radius 3 is 1.83 bits per heavy atom. The lowest BCUT2D eigenvalue weighted by atomic mass is 9.98. The molecule has 2 fully saturated rings. The number of likely N-dealkylation sites (tertiary alicyclic amines) is 2. The van der Waals surface area contributed by atoms with Crippen LogP contribution >= 0.6 is 11.6 Å². The number of nitrogens with one attached hydrogen (secondary N) is 4. The number of hydrogen-bond donors (Lipinski definition) is 5. The maximum absolute atomic E-state index is 13.8. The normalized spacial score (nSPS) is 20.2. The molecule has 14 nitrogen and oxygen atoms in total. The molecule has 316 valence electrons. The lowest BCUT2D eigenvalue weighted by molar-refractivity contribution is -0.136. The molecule has 0 radical (unpaired) electrons. The summed E-state index contributed by atoms with van der Waals surface area (Å²) in [5.41, 5.74) is 5.32. The fraction of sp³-hybridized carbons (Fsp3) is 0.422. The van der Waals surface area contributed by atoms with Gasteiger partial charge in [-0.2, -0.15) is 0 Å². The SMILES string of the molecule is COC(=O)NC(C(=O)N1C[C@@H](C)C[C@H]1c1nc(Cl)c(-c2ccc3cc(-c4ccc(-c5c[nH]c([C@@H]6C[C@H](C)CN6C(=O)C(NC(=O)O)C(C)C)n5)cc4)ccc3c2)[nH]1)C(C)C. The monoisotopic (exact) mass is 836 g/mol. The third-order valence-corrected chi connectivity index (χ3v) is 12.0. The molecule has 5 N–H and O–H groups in total. The Hall–Kier alpha value is -5.89. The molecule has 4 heterocycles. The van der Waals surface area contributed by atoms with Crippen LogP contribution in [0.2, 0.25) is 5.15 Å². The molecule has 2 aliphatic heterocycles. The molecule has 2 unspecified atom stereocenters. The van der Waals surface area contributed by atoms with E-state index in [9.17, 15) is 24.3 Å². The van der Waals surface area contributed by atoms with Crippen molar-refractivity contribution in [3.63, 3.8) is 0 Å². The number of carboxylic acid groups (broad SMARTS) is 1. The van der Waals surface area contributed by atoms with E-state index in [1.807, 2.05) is 52.1 Å². The van der Waals surface area contributed by atoms with E-state index in [0.717, 1.165) is 45.1 Å². The molecule has 3 aromatic carbocycles. The van der Waals surface area contributed by atoms with Gasteiger partial charge in [0.25, 0.3) is 0 Å². The minimum Gasteiger partial charge on any atom is -0.465 e. The zero-order valence-corrected chi connectivity index (χ0v) is 35.7. The van der Waals surface area contributed by atoms with E-state index >= 15 is 0 Å².